The molecule has 2 aromatic rings. The minimum absolute atomic E-state index is 0.196. The summed E-state index contributed by atoms with van der Waals surface area (Å²) in [5, 5.41) is 2.89. The van der Waals surface area contributed by atoms with Crippen LogP contribution in [0.4, 0.5) is 19.0 Å². The maximum absolute atomic E-state index is 12.6. The van der Waals surface area contributed by atoms with Crippen molar-refractivity contribution in [3.8, 4) is 0 Å². The minimum Gasteiger partial charge on any atom is -0.380 e. The first-order valence-electron chi connectivity index (χ1n) is 6.34. The number of anilines is 1. The van der Waals surface area contributed by atoms with E-state index in [1.807, 2.05) is 24.3 Å². The molecule has 0 aliphatic heterocycles. The fraction of sp³-hybridized carbons (Fsp3) is 0.267. The van der Waals surface area contributed by atoms with E-state index in [1.54, 1.807) is 7.11 Å². The Balaban J connectivity index is 2.04. The van der Waals surface area contributed by atoms with E-state index in [1.165, 1.54) is 12.1 Å². The van der Waals surface area contributed by atoms with Crippen molar-refractivity contribution in [3.05, 3.63) is 59.3 Å². The van der Waals surface area contributed by atoms with E-state index < -0.39 is 11.9 Å². The molecule has 1 aromatic carbocycles. The number of aromatic nitrogens is 1. The van der Waals surface area contributed by atoms with E-state index in [2.05, 4.69) is 10.3 Å². The molecule has 1 heterocycles. The van der Waals surface area contributed by atoms with Gasteiger partial charge in [0.15, 0.2) is 0 Å². The Morgan fingerprint density at radius 2 is 1.81 bits per heavy atom. The number of rotatable bonds is 5. The van der Waals surface area contributed by atoms with Gasteiger partial charge in [-0.25, -0.2) is 4.98 Å². The van der Waals surface area contributed by atoms with Crippen molar-refractivity contribution in [3.63, 3.8) is 0 Å². The Kier molecular flexibility index (Phi) is 4.80. The SMILES string of the molecule is COCc1cccc(CNc2cccc(C(F)(F)F)n2)c1. The van der Waals surface area contributed by atoms with E-state index in [0.717, 1.165) is 17.2 Å². The summed E-state index contributed by atoms with van der Waals surface area (Å²) in [5.74, 6) is 0.196. The standard InChI is InChI=1S/C15H15F3N2O/c1-21-10-12-5-2-4-11(8-12)9-19-14-7-3-6-13(20-14)15(16,17)18/h2-8H,9-10H2,1H3,(H,19,20). The number of nitrogens with zero attached hydrogens (tertiary/aromatic N) is 1. The van der Waals surface area contributed by atoms with Gasteiger partial charge in [-0.1, -0.05) is 30.3 Å². The highest BCUT2D eigenvalue weighted by molar-refractivity contribution is 5.37. The third kappa shape index (κ3) is 4.46. The smallest absolute Gasteiger partial charge is 0.380 e. The Bertz CT molecular complexity index is 599. The number of benzene rings is 1. The lowest BCUT2D eigenvalue weighted by molar-refractivity contribution is -0.141. The molecule has 0 saturated carbocycles. The summed E-state index contributed by atoms with van der Waals surface area (Å²) in [6, 6.07) is 11.4. The highest BCUT2D eigenvalue weighted by atomic mass is 19.4. The van der Waals surface area contributed by atoms with E-state index in [-0.39, 0.29) is 5.82 Å². The number of pyridine rings is 1. The summed E-state index contributed by atoms with van der Waals surface area (Å²) in [4.78, 5) is 3.56. The molecule has 0 aliphatic carbocycles. The average Bonchev–Trinajstić information content (AvgIpc) is 2.45. The number of methoxy groups -OCH3 is 1. The van der Waals surface area contributed by atoms with Crippen LogP contribution in [0, 0.1) is 0 Å². The van der Waals surface area contributed by atoms with Gasteiger partial charge in [-0.3, -0.25) is 0 Å². The molecular weight excluding hydrogens is 281 g/mol. The predicted molar refractivity (Wildman–Crippen MR) is 73.7 cm³/mol. The topological polar surface area (TPSA) is 34.1 Å². The van der Waals surface area contributed by atoms with Gasteiger partial charge < -0.3 is 10.1 Å². The number of halogens is 3. The molecule has 0 aliphatic rings. The van der Waals surface area contributed by atoms with Gasteiger partial charge in [-0.15, -0.1) is 0 Å². The largest absolute Gasteiger partial charge is 0.433 e. The molecule has 2 rings (SSSR count). The van der Waals surface area contributed by atoms with Crippen LogP contribution in [0.25, 0.3) is 0 Å². The molecule has 1 N–H and O–H groups in total. The molecule has 21 heavy (non-hydrogen) atoms. The zero-order chi connectivity index (χ0) is 15.3. The van der Waals surface area contributed by atoms with Crippen molar-refractivity contribution in [2.24, 2.45) is 0 Å². The van der Waals surface area contributed by atoms with Gasteiger partial charge >= 0.3 is 6.18 Å². The minimum atomic E-state index is -4.43. The lowest BCUT2D eigenvalue weighted by atomic mass is 10.1. The van der Waals surface area contributed by atoms with Crippen LogP contribution in [0.5, 0.6) is 0 Å². The van der Waals surface area contributed by atoms with E-state index in [0.29, 0.717) is 13.2 Å². The van der Waals surface area contributed by atoms with Crippen LogP contribution in [-0.2, 0) is 24.1 Å². The van der Waals surface area contributed by atoms with Crippen molar-refractivity contribution in [2.45, 2.75) is 19.3 Å². The summed E-state index contributed by atoms with van der Waals surface area (Å²) in [7, 11) is 1.61. The Hall–Kier alpha value is -2.08. The van der Waals surface area contributed by atoms with Crippen LogP contribution in [0.2, 0.25) is 0 Å². The van der Waals surface area contributed by atoms with Crippen LogP contribution in [0.15, 0.2) is 42.5 Å². The molecule has 0 bridgehead atoms. The second-order valence-electron chi connectivity index (χ2n) is 4.51. The molecule has 0 amide bonds. The lowest BCUT2D eigenvalue weighted by Crippen LogP contribution is -2.10. The van der Waals surface area contributed by atoms with Crippen molar-refractivity contribution >= 4 is 5.82 Å². The molecular formula is C15H15F3N2O. The second kappa shape index (κ2) is 6.58. The van der Waals surface area contributed by atoms with E-state index in [9.17, 15) is 13.2 Å². The number of alkyl halides is 3. The summed E-state index contributed by atoms with van der Waals surface area (Å²) in [6.07, 6.45) is -4.43. The molecule has 112 valence electrons. The molecule has 0 atom stereocenters. The normalized spacial score (nSPS) is 11.4. The van der Waals surface area contributed by atoms with Gasteiger partial charge in [0.05, 0.1) is 6.61 Å². The van der Waals surface area contributed by atoms with Crippen molar-refractivity contribution in [1.29, 1.82) is 0 Å². The van der Waals surface area contributed by atoms with Crippen LogP contribution in [0.1, 0.15) is 16.8 Å². The van der Waals surface area contributed by atoms with Gasteiger partial charge in [0.2, 0.25) is 0 Å². The molecule has 0 unspecified atom stereocenters. The molecule has 3 nitrogen and oxygen atoms in total. The first-order valence-corrected chi connectivity index (χ1v) is 6.34. The van der Waals surface area contributed by atoms with Crippen LogP contribution in [0.3, 0.4) is 0 Å². The predicted octanol–water partition coefficient (Wildman–Crippen LogP) is 3.86. The Morgan fingerprint density at radius 1 is 1.10 bits per heavy atom. The van der Waals surface area contributed by atoms with Gasteiger partial charge in [0, 0.05) is 13.7 Å². The molecule has 0 saturated heterocycles. The third-order valence-electron chi connectivity index (χ3n) is 2.82. The fourth-order valence-electron chi connectivity index (χ4n) is 1.88. The summed E-state index contributed by atoms with van der Waals surface area (Å²) < 4.78 is 42.7. The quantitative estimate of drug-likeness (QED) is 0.909. The molecule has 1 aromatic heterocycles. The highest BCUT2D eigenvalue weighted by Gasteiger charge is 2.32. The maximum atomic E-state index is 12.6. The molecule has 0 radical (unpaired) electrons. The van der Waals surface area contributed by atoms with Gasteiger partial charge in [-0.2, -0.15) is 13.2 Å². The van der Waals surface area contributed by atoms with Crippen molar-refractivity contribution in [2.75, 3.05) is 12.4 Å². The zero-order valence-corrected chi connectivity index (χ0v) is 11.4. The van der Waals surface area contributed by atoms with E-state index in [4.69, 9.17) is 4.74 Å². The van der Waals surface area contributed by atoms with Gasteiger partial charge in [0.25, 0.3) is 0 Å². The zero-order valence-electron chi connectivity index (χ0n) is 11.4. The van der Waals surface area contributed by atoms with Crippen LogP contribution < -0.4 is 5.32 Å². The Morgan fingerprint density at radius 3 is 2.52 bits per heavy atom. The fourth-order valence-corrected chi connectivity index (χ4v) is 1.88. The molecule has 6 heteroatoms. The number of nitrogens with one attached hydrogen (secondary N) is 1. The van der Waals surface area contributed by atoms with E-state index >= 15 is 0 Å². The van der Waals surface area contributed by atoms with Gasteiger partial charge in [-0.05, 0) is 23.3 Å². The average molecular weight is 296 g/mol. The Labute approximate surface area is 120 Å². The van der Waals surface area contributed by atoms with Crippen LogP contribution >= 0.6 is 0 Å². The summed E-state index contributed by atoms with van der Waals surface area (Å²) in [5.41, 5.74) is 1.05. The summed E-state index contributed by atoms with van der Waals surface area (Å²) >= 11 is 0. The molecule has 0 fully saturated rings. The number of hydrogen-bond acceptors (Lipinski definition) is 3. The number of ether oxygens (including phenoxy) is 1. The van der Waals surface area contributed by atoms with Gasteiger partial charge in [0.1, 0.15) is 11.5 Å². The molecule has 0 spiro atoms. The maximum Gasteiger partial charge on any atom is 0.433 e. The lowest BCUT2D eigenvalue weighted by Gasteiger charge is -2.10. The van der Waals surface area contributed by atoms with Crippen molar-refractivity contribution < 1.29 is 17.9 Å². The third-order valence-corrected chi connectivity index (χ3v) is 2.82. The van der Waals surface area contributed by atoms with Crippen molar-refractivity contribution in [1.82, 2.24) is 4.98 Å². The first-order chi connectivity index (χ1) is 9.99. The summed E-state index contributed by atoms with van der Waals surface area (Å²) in [6.45, 7) is 0.890. The number of hydrogen-bond donors (Lipinski definition) is 1. The first kappa shape index (κ1) is 15.3. The second-order valence-corrected chi connectivity index (χ2v) is 4.51. The highest BCUT2D eigenvalue weighted by Crippen LogP contribution is 2.28. The monoisotopic (exact) mass is 296 g/mol. The van der Waals surface area contributed by atoms with Crippen LogP contribution in [-0.4, -0.2) is 12.1 Å².